The first-order valence-corrected chi connectivity index (χ1v) is 7.25. The van der Waals surface area contributed by atoms with Crippen LogP contribution in [0.25, 0.3) is 0 Å². The zero-order valence-electron chi connectivity index (χ0n) is 11.4. The molecule has 104 valence electrons. The van der Waals surface area contributed by atoms with Crippen molar-refractivity contribution in [2.24, 2.45) is 5.92 Å². The third-order valence-corrected chi connectivity index (χ3v) is 3.97. The van der Waals surface area contributed by atoms with E-state index < -0.39 is 5.97 Å². The monoisotopic (exact) mass is 261 g/mol. The molecule has 3 nitrogen and oxygen atoms in total. The number of aryl methyl sites for hydroxylation is 1. The molecule has 1 aromatic carbocycles. The lowest BCUT2D eigenvalue weighted by Gasteiger charge is -2.29. The molecule has 0 aliphatic carbocycles. The zero-order chi connectivity index (χ0) is 13.5. The van der Waals surface area contributed by atoms with Crippen molar-refractivity contribution in [3.05, 3.63) is 35.9 Å². The molecule has 0 bridgehead atoms. The summed E-state index contributed by atoms with van der Waals surface area (Å²) in [5.74, 6) is -0.732. The van der Waals surface area contributed by atoms with Gasteiger partial charge in [0.15, 0.2) is 0 Å². The number of rotatable bonds is 6. The van der Waals surface area contributed by atoms with Crippen LogP contribution in [0.3, 0.4) is 0 Å². The Labute approximate surface area is 115 Å². The van der Waals surface area contributed by atoms with Gasteiger partial charge < -0.3 is 10.0 Å². The first-order chi connectivity index (χ1) is 9.25. The summed E-state index contributed by atoms with van der Waals surface area (Å²) in [6.07, 6.45) is 5.18. The third-order valence-electron chi connectivity index (χ3n) is 3.97. The molecular formula is C16H23NO2. The predicted octanol–water partition coefficient (Wildman–Crippen LogP) is 2.81. The molecule has 0 unspecified atom stereocenters. The molecule has 0 radical (unpaired) electrons. The van der Waals surface area contributed by atoms with Gasteiger partial charge in [-0.25, -0.2) is 0 Å². The Bertz CT molecular complexity index is 383. The number of carbonyl (C=O) groups is 1. The fourth-order valence-corrected chi connectivity index (χ4v) is 2.71. The standard InChI is InChI=1S/C16H23NO2/c18-16(19)15-9-12-17(13-10-15)11-5-4-8-14-6-2-1-3-7-14/h1-3,6-7,15H,4-5,8-13H2,(H,18,19). The van der Waals surface area contributed by atoms with Crippen LogP contribution in [0.15, 0.2) is 30.3 Å². The fraction of sp³-hybridized carbons (Fsp3) is 0.562. The number of aliphatic carboxylic acids is 1. The van der Waals surface area contributed by atoms with Gasteiger partial charge in [0.2, 0.25) is 0 Å². The number of hydrogen-bond donors (Lipinski definition) is 1. The molecule has 0 aromatic heterocycles. The molecule has 1 heterocycles. The van der Waals surface area contributed by atoms with Crippen molar-refractivity contribution in [2.75, 3.05) is 19.6 Å². The number of nitrogens with zero attached hydrogens (tertiary/aromatic N) is 1. The van der Waals surface area contributed by atoms with Gasteiger partial charge in [0.25, 0.3) is 0 Å². The van der Waals surface area contributed by atoms with Crippen molar-refractivity contribution in [1.29, 1.82) is 0 Å². The van der Waals surface area contributed by atoms with E-state index in [9.17, 15) is 4.79 Å². The Morgan fingerprint density at radius 2 is 1.84 bits per heavy atom. The van der Waals surface area contributed by atoms with Gasteiger partial charge in [0.1, 0.15) is 0 Å². The van der Waals surface area contributed by atoms with Crippen LogP contribution in [-0.2, 0) is 11.2 Å². The predicted molar refractivity (Wildman–Crippen MR) is 76.2 cm³/mol. The minimum absolute atomic E-state index is 0.111. The van der Waals surface area contributed by atoms with Crippen molar-refractivity contribution in [1.82, 2.24) is 4.90 Å². The molecule has 1 aliphatic rings. The highest BCUT2D eigenvalue weighted by atomic mass is 16.4. The largest absolute Gasteiger partial charge is 0.481 e. The van der Waals surface area contributed by atoms with E-state index in [1.54, 1.807) is 0 Å². The van der Waals surface area contributed by atoms with Gasteiger partial charge in [-0.3, -0.25) is 4.79 Å². The Morgan fingerprint density at radius 3 is 2.47 bits per heavy atom. The fourth-order valence-electron chi connectivity index (χ4n) is 2.71. The SMILES string of the molecule is O=C(O)C1CCN(CCCCc2ccccc2)CC1. The molecule has 0 atom stereocenters. The summed E-state index contributed by atoms with van der Waals surface area (Å²) in [4.78, 5) is 13.3. The lowest BCUT2D eigenvalue weighted by molar-refractivity contribution is -0.143. The second kappa shape index (κ2) is 7.29. The summed E-state index contributed by atoms with van der Waals surface area (Å²) >= 11 is 0. The minimum Gasteiger partial charge on any atom is -0.481 e. The highest BCUT2D eigenvalue weighted by Crippen LogP contribution is 2.17. The topological polar surface area (TPSA) is 40.5 Å². The molecule has 3 heteroatoms. The Hall–Kier alpha value is -1.35. The molecule has 0 amide bonds. The lowest BCUT2D eigenvalue weighted by atomic mass is 9.97. The van der Waals surface area contributed by atoms with Crippen LogP contribution in [0.4, 0.5) is 0 Å². The van der Waals surface area contributed by atoms with Crippen molar-refractivity contribution in [3.63, 3.8) is 0 Å². The number of hydrogen-bond acceptors (Lipinski definition) is 2. The van der Waals surface area contributed by atoms with Crippen molar-refractivity contribution in [3.8, 4) is 0 Å². The van der Waals surface area contributed by atoms with Crippen LogP contribution in [0, 0.1) is 5.92 Å². The second-order valence-corrected chi connectivity index (χ2v) is 5.40. The molecule has 1 aliphatic heterocycles. The Morgan fingerprint density at radius 1 is 1.16 bits per heavy atom. The first kappa shape index (κ1) is 14.1. The van der Waals surface area contributed by atoms with Crippen LogP contribution in [0.1, 0.15) is 31.2 Å². The molecule has 2 rings (SSSR count). The molecule has 19 heavy (non-hydrogen) atoms. The Kier molecular flexibility index (Phi) is 5.40. The quantitative estimate of drug-likeness (QED) is 0.800. The number of likely N-dealkylation sites (tertiary alicyclic amines) is 1. The minimum atomic E-state index is -0.622. The van der Waals surface area contributed by atoms with Crippen LogP contribution in [-0.4, -0.2) is 35.6 Å². The van der Waals surface area contributed by atoms with E-state index in [0.29, 0.717) is 0 Å². The van der Waals surface area contributed by atoms with Gasteiger partial charge in [-0.1, -0.05) is 30.3 Å². The normalized spacial score (nSPS) is 17.5. The number of unbranched alkanes of at least 4 members (excludes halogenated alkanes) is 1. The van der Waals surface area contributed by atoms with Crippen LogP contribution in [0.5, 0.6) is 0 Å². The zero-order valence-corrected chi connectivity index (χ0v) is 11.4. The van der Waals surface area contributed by atoms with E-state index in [4.69, 9.17) is 5.11 Å². The van der Waals surface area contributed by atoms with E-state index in [1.165, 1.54) is 18.4 Å². The maximum atomic E-state index is 10.9. The van der Waals surface area contributed by atoms with Crippen molar-refractivity contribution >= 4 is 5.97 Å². The summed E-state index contributed by atoms with van der Waals surface area (Å²) < 4.78 is 0. The highest BCUT2D eigenvalue weighted by molar-refractivity contribution is 5.70. The van der Waals surface area contributed by atoms with Gasteiger partial charge in [0, 0.05) is 0 Å². The van der Waals surface area contributed by atoms with E-state index in [2.05, 4.69) is 35.2 Å². The summed E-state index contributed by atoms with van der Waals surface area (Å²) in [6.45, 7) is 3.00. The molecule has 1 fully saturated rings. The average Bonchev–Trinajstić information content (AvgIpc) is 2.45. The van der Waals surface area contributed by atoms with Crippen molar-refractivity contribution < 1.29 is 9.90 Å². The van der Waals surface area contributed by atoms with Gasteiger partial charge in [-0.05, 0) is 57.3 Å². The van der Waals surface area contributed by atoms with Crippen molar-refractivity contribution in [2.45, 2.75) is 32.1 Å². The summed E-state index contributed by atoms with van der Waals surface area (Å²) in [6, 6.07) is 10.6. The van der Waals surface area contributed by atoms with E-state index >= 15 is 0 Å². The molecule has 0 saturated carbocycles. The van der Waals surface area contributed by atoms with Gasteiger partial charge in [-0.2, -0.15) is 0 Å². The Balaban J connectivity index is 1.58. The number of carboxylic acid groups (broad SMARTS) is 1. The van der Waals surface area contributed by atoms with Gasteiger partial charge in [-0.15, -0.1) is 0 Å². The maximum absolute atomic E-state index is 10.9. The third kappa shape index (κ3) is 4.67. The van der Waals surface area contributed by atoms with Gasteiger partial charge in [0.05, 0.1) is 5.92 Å². The van der Waals surface area contributed by atoms with E-state index in [1.807, 2.05) is 0 Å². The second-order valence-electron chi connectivity index (χ2n) is 5.40. The van der Waals surface area contributed by atoms with E-state index in [-0.39, 0.29) is 5.92 Å². The summed E-state index contributed by atoms with van der Waals surface area (Å²) in [7, 11) is 0. The molecule has 1 aromatic rings. The van der Waals surface area contributed by atoms with Crippen LogP contribution < -0.4 is 0 Å². The van der Waals surface area contributed by atoms with E-state index in [0.717, 1.165) is 38.9 Å². The molecule has 1 saturated heterocycles. The number of carboxylic acids is 1. The molecule has 0 spiro atoms. The molecular weight excluding hydrogens is 238 g/mol. The van der Waals surface area contributed by atoms with Gasteiger partial charge >= 0.3 is 5.97 Å². The summed E-state index contributed by atoms with van der Waals surface area (Å²) in [5.41, 5.74) is 1.41. The highest BCUT2D eigenvalue weighted by Gasteiger charge is 2.23. The molecule has 1 N–H and O–H groups in total. The lowest BCUT2D eigenvalue weighted by Crippen LogP contribution is -2.36. The van der Waals surface area contributed by atoms with Crippen LogP contribution >= 0.6 is 0 Å². The first-order valence-electron chi connectivity index (χ1n) is 7.25. The summed E-state index contributed by atoms with van der Waals surface area (Å²) in [5, 5.41) is 8.95. The maximum Gasteiger partial charge on any atom is 0.306 e. The van der Waals surface area contributed by atoms with Crippen LogP contribution in [0.2, 0.25) is 0 Å². The average molecular weight is 261 g/mol. The smallest absolute Gasteiger partial charge is 0.306 e. The number of piperidine rings is 1. The number of benzene rings is 1.